The maximum Gasteiger partial charge on any atom is 0.152 e. The first kappa shape index (κ1) is 23.4. The van der Waals surface area contributed by atoms with Crippen molar-refractivity contribution in [1.82, 2.24) is 29.9 Å². The average Bonchev–Trinajstić information content (AvgIpc) is 3.19. The second-order valence-corrected chi connectivity index (χ2v) is 9.32. The minimum Gasteiger partial charge on any atom is -0.494 e. The number of aromatic nitrogens is 5. The molecule has 0 radical (unpaired) electrons. The summed E-state index contributed by atoms with van der Waals surface area (Å²) in [6.45, 7) is 11.1. The molecule has 3 aromatic heterocycles. The zero-order valence-corrected chi connectivity index (χ0v) is 20.8. The molecule has 0 saturated carbocycles. The van der Waals surface area contributed by atoms with E-state index in [1.807, 2.05) is 27.0 Å². The zero-order valence-electron chi connectivity index (χ0n) is 20.8. The van der Waals surface area contributed by atoms with Crippen molar-refractivity contribution in [3.63, 3.8) is 0 Å². The van der Waals surface area contributed by atoms with E-state index in [1.165, 1.54) is 11.6 Å². The molecule has 0 N–H and O–H groups in total. The number of benzene rings is 1. The van der Waals surface area contributed by atoms with Gasteiger partial charge in [-0.2, -0.15) is 15.3 Å². The van der Waals surface area contributed by atoms with Gasteiger partial charge >= 0.3 is 0 Å². The van der Waals surface area contributed by atoms with E-state index in [1.54, 1.807) is 16.8 Å². The van der Waals surface area contributed by atoms with Gasteiger partial charge in [-0.05, 0) is 77.4 Å². The first-order chi connectivity index (χ1) is 16.9. The Morgan fingerprint density at radius 3 is 2.54 bits per heavy atom. The Morgan fingerprint density at radius 2 is 1.86 bits per heavy atom. The largest absolute Gasteiger partial charge is 0.494 e. The van der Waals surface area contributed by atoms with Crippen LogP contribution in [0.25, 0.3) is 16.6 Å². The quantitative estimate of drug-likeness (QED) is 0.389. The number of piperidine rings is 1. The van der Waals surface area contributed by atoms with Crippen LogP contribution in [-0.4, -0.2) is 49.6 Å². The van der Waals surface area contributed by atoms with E-state index in [-0.39, 0.29) is 11.7 Å². The molecule has 7 nitrogen and oxygen atoms in total. The predicted molar refractivity (Wildman–Crippen MR) is 133 cm³/mol. The zero-order chi connectivity index (χ0) is 24.5. The molecule has 1 fully saturated rings. The fourth-order valence-electron chi connectivity index (χ4n) is 4.95. The average molecular weight is 475 g/mol. The Kier molecular flexibility index (Phi) is 6.47. The van der Waals surface area contributed by atoms with Crippen LogP contribution < -0.4 is 4.74 Å². The van der Waals surface area contributed by atoms with Crippen LogP contribution in [-0.2, 0) is 6.54 Å². The number of nitrogens with zero attached hydrogens (tertiary/aromatic N) is 6. The molecule has 1 aliphatic heterocycles. The van der Waals surface area contributed by atoms with Gasteiger partial charge in [0.15, 0.2) is 5.82 Å². The summed E-state index contributed by atoms with van der Waals surface area (Å²) in [6, 6.07) is 9.11. The summed E-state index contributed by atoms with van der Waals surface area (Å²) in [5.41, 5.74) is 6.07. The number of likely N-dealkylation sites (tertiary alicyclic amines) is 1. The van der Waals surface area contributed by atoms with Gasteiger partial charge in [0.2, 0.25) is 0 Å². The monoisotopic (exact) mass is 474 g/mol. The fourth-order valence-corrected chi connectivity index (χ4v) is 4.95. The van der Waals surface area contributed by atoms with Crippen LogP contribution in [0.3, 0.4) is 0 Å². The highest BCUT2D eigenvalue weighted by atomic mass is 19.1. The van der Waals surface area contributed by atoms with Gasteiger partial charge in [-0.1, -0.05) is 6.07 Å². The standard InChI is InChI=1S/C27H31FN6O/c1-5-35-22-8-9-24(23(28)14-22)34-19(4)25-18(3)30-31-26(27(25)32-34)20-10-12-33(13-11-20)16-21-7-6-17(2)15-29-21/h6-9,14-15,20H,5,10-13,16H2,1-4H3. The SMILES string of the molecule is CCOc1ccc(-n2nc3c(C4CCN(Cc5ccc(C)cn5)CC4)nnc(C)c3c2C)c(F)c1. The van der Waals surface area contributed by atoms with Crippen molar-refractivity contribution in [2.24, 2.45) is 0 Å². The molecule has 5 rings (SSSR count). The van der Waals surface area contributed by atoms with Gasteiger partial charge in [-0.25, -0.2) is 9.07 Å². The molecule has 4 heterocycles. The van der Waals surface area contributed by atoms with E-state index < -0.39 is 0 Å². The third-order valence-corrected chi connectivity index (χ3v) is 6.82. The summed E-state index contributed by atoms with van der Waals surface area (Å²) < 4.78 is 22.1. The van der Waals surface area contributed by atoms with E-state index in [9.17, 15) is 4.39 Å². The van der Waals surface area contributed by atoms with E-state index in [4.69, 9.17) is 9.84 Å². The summed E-state index contributed by atoms with van der Waals surface area (Å²) in [5.74, 6) is 0.404. The van der Waals surface area contributed by atoms with Crippen molar-refractivity contribution < 1.29 is 9.13 Å². The number of fused-ring (bicyclic) bond motifs is 1. The lowest BCUT2D eigenvalue weighted by molar-refractivity contribution is 0.201. The molecular weight excluding hydrogens is 443 g/mol. The molecule has 8 heteroatoms. The molecule has 4 aromatic rings. The molecule has 0 aliphatic carbocycles. The molecule has 0 spiro atoms. The number of hydrogen-bond acceptors (Lipinski definition) is 6. The van der Waals surface area contributed by atoms with Crippen molar-refractivity contribution >= 4 is 10.9 Å². The van der Waals surface area contributed by atoms with Crippen molar-refractivity contribution in [1.29, 1.82) is 0 Å². The van der Waals surface area contributed by atoms with Crippen LogP contribution in [0.2, 0.25) is 0 Å². The molecule has 182 valence electrons. The first-order valence-corrected chi connectivity index (χ1v) is 12.2. The van der Waals surface area contributed by atoms with Crippen LogP contribution in [0, 0.1) is 26.6 Å². The van der Waals surface area contributed by atoms with Gasteiger partial charge in [0.1, 0.15) is 17.0 Å². The van der Waals surface area contributed by atoms with Gasteiger partial charge < -0.3 is 4.74 Å². The Bertz CT molecular complexity index is 1340. The highest BCUT2D eigenvalue weighted by Crippen LogP contribution is 2.34. The predicted octanol–water partition coefficient (Wildman–Crippen LogP) is 5.05. The fraction of sp³-hybridized carbons (Fsp3) is 0.407. The lowest BCUT2D eigenvalue weighted by Gasteiger charge is -2.31. The Balaban J connectivity index is 1.41. The Hall–Kier alpha value is -3.39. The molecule has 35 heavy (non-hydrogen) atoms. The third kappa shape index (κ3) is 4.62. The smallest absolute Gasteiger partial charge is 0.152 e. The highest BCUT2D eigenvalue weighted by Gasteiger charge is 2.27. The minimum atomic E-state index is -0.370. The summed E-state index contributed by atoms with van der Waals surface area (Å²) in [5, 5.41) is 14.9. The van der Waals surface area contributed by atoms with E-state index in [2.05, 4.69) is 39.1 Å². The van der Waals surface area contributed by atoms with Gasteiger partial charge in [0.05, 0.1) is 29.4 Å². The number of aryl methyl sites for hydroxylation is 3. The van der Waals surface area contributed by atoms with Crippen molar-refractivity contribution in [2.45, 2.75) is 53.0 Å². The summed E-state index contributed by atoms with van der Waals surface area (Å²) in [4.78, 5) is 6.99. The Labute approximate surface area is 205 Å². The van der Waals surface area contributed by atoms with Crippen molar-refractivity contribution in [2.75, 3.05) is 19.7 Å². The number of rotatable bonds is 6. The summed E-state index contributed by atoms with van der Waals surface area (Å²) in [7, 11) is 0. The topological polar surface area (TPSA) is 69.0 Å². The highest BCUT2D eigenvalue weighted by molar-refractivity contribution is 5.86. The summed E-state index contributed by atoms with van der Waals surface area (Å²) in [6.07, 6.45) is 3.87. The van der Waals surface area contributed by atoms with E-state index in [0.29, 0.717) is 18.0 Å². The molecule has 1 saturated heterocycles. The van der Waals surface area contributed by atoms with Crippen LogP contribution >= 0.6 is 0 Å². The second-order valence-electron chi connectivity index (χ2n) is 9.32. The van der Waals surface area contributed by atoms with Gasteiger partial charge in [0.25, 0.3) is 0 Å². The normalized spacial score (nSPS) is 15.1. The van der Waals surface area contributed by atoms with Gasteiger partial charge in [-0.15, -0.1) is 0 Å². The van der Waals surface area contributed by atoms with Gasteiger partial charge in [-0.3, -0.25) is 9.88 Å². The number of hydrogen-bond donors (Lipinski definition) is 0. The maximum atomic E-state index is 15.0. The lowest BCUT2D eigenvalue weighted by Crippen LogP contribution is -2.33. The molecule has 0 atom stereocenters. The molecule has 0 bridgehead atoms. The van der Waals surface area contributed by atoms with Crippen LogP contribution in [0.5, 0.6) is 5.75 Å². The Morgan fingerprint density at radius 1 is 1.06 bits per heavy atom. The molecular formula is C27H31FN6O. The van der Waals surface area contributed by atoms with Crippen LogP contribution in [0.4, 0.5) is 4.39 Å². The van der Waals surface area contributed by atoms with Gasteiger partial charge in [0, 0.05) is 30.1 Å². The van der Waals surface area contributed by atoms with Crippen molar-refractivity contribution in [3.8, 4) is 11.4 Å². The van der Waals surface area contributed by atoms with Crippen molar-refractivity contribution in [3.05, 3.63) is 70.7 Å². The number of halogens is 1. The van der Waals surface area contributed by atoms with E-state index >= 15 is 0 Å². The van der Waals surface area contributed by atoms with E-state index in [0.717, 1.165) is 66.2 Å². The minimum absolute atomic E-state index is 0.265. The molecule has 0 unspecified atom stereocenters. The van der Waals surface area contributed by atoms with Crippen LogP contribution in [0.1, 0.15) is 54.0 Å². The maximum absolute atomic E-state index is 15.0. The number of ether oxygens (including phenoxy) is 1. The molecule has 0 amide bonds. The van der Waals surface area contributed by atoms with Crippen LogP contribution in [0.15, 0.2) is 36.5 Å². The second kappa shape index (κ2) is 9.70. The molecule has 1 aromatic carbocycles. The summed E-state index contributed by atoms with van der Waals surface area (Å²) >= 11 is 0. The first-order valence-electron chi connectivity index (χ1n) is 12.2. The molecule has 1 aliphatic rings. The lowest BCUT2D eigenvalue weighted by atomic mass is 9.92. The third-order valence-electron chi connectivity index (χ3n) is 6.82. The number of pyridine rings is 1.